The van der Waals surface area contributed by atoms with Gasteiger partial charge in [-0.2, -0.15) is 0 Å². The molecule has 16 nitrogen and oxygen atoms in total. The second kappa shape index (κ2) is 20.0. The Morgan fingerprint density at radius 2 is 1.66 bits per heavy atom. The molecule has 4 saturated heterocycles. The van der Waals surface area contributed by atoms with Crippen LogP contribution >= 0.6 is 0 Å². The maximum Gasteiger partial charge on any atom is 0.328 e. The number of aromatic amines is 1. The van der Waals surface area contributed by atoms with Crippen molar-refractivity contribution < 1.29 is 33.4 Å². The average Bonchev–Trinajstić information content (AvgIpc) is 3.94. The number of H-pyrrole nitrogens is 1. The monoisotopic (exact) mass is 928 g/mol. The Hall–Kier alpha value is -6.43. The first-order chi connectivity index (χ1) is 32.8. The van der Waals surface area contributed by atoms with Gasteiger partial charge in [0.15, 0.2) is 0 Å². The number of urea groups is 2. The Bertz CT molecular complexity index is 2680. The number of aliphatic hydroxyl groups excluding tert-OH is 1. The number of carbonyl (C=O) groups excluding carboxylic acids is 4. The van der Waals surface area contributed by atoms with Crippen molar-refractivity contribution >= 4 is 46.3 Å². The van der Waals surface area contributed by atoms with Crippen LogP contribution in [0.3, 0.4) is 0 Å². The van der Waals surface area contributed by atoms with Gasteiger partial charge in [0.2, 0.25) is 5.91 Å². The van der Waals surface area contributed by atoms with Crippen molar-refractivity contribution in [3.05, 3.63) is 89.5 Å². The van der Waals surface area contributed by atoms with E-state index in [1.165, 1.54) is 36.0 Å². The van der Waals surface area contributed by atoms with E-state index in [0.717, 1.165) is 75.2 Å². The van der Waals surface area contributed by atoms with E-state index in [-0.39, 0.29) is 43.3 Å². The predicted octanol–water partition coefficient (Wildman–Crippen LogP) is 6.74. The van der Waals surface area contributed by atoms with Gasteiger partial charge in [-0.1, -0.05) is 38.1 Å². The number of nitrogens with one attached hydrogen (secondary N) is 3. The van der Waals surface area contributed by atoms with Crippen molar-refractivity contribution in [1.29, 1.82) is 0 Å². The first kappa shape index (κ1) is 46.7. The van der Waals surface area contributed by atoms with E-state index in [0.29, 0.717) is 76.6 Å². The molecule has 0 spiro atoms. The summed E-state index contributed by atoms with van der Waals surface area (Å²) in [5, 5.41) is 16.6. The number of benzene rings is 3. The van der Waals surface area contributed by atoms with Crippen LogP contribution in [0.1, 0.15) is 61.0 Å². The van der Waals surface area contributed by atoms with Gasteiger partial charge in [0.1, 0.15) is 23.5 Å². The predicted molar refractivity (Wildman–Crippen MR) is 258 cm³/mol. The van der Waals surface area contributed by atoms with Gasteiger partial charge in [-0.3, -0.25) is 24.7 Å². The van der Waals surface area contributed by atoms with Crippen LogP contribution in [-0.4, -0.2) is 142 Å². The van der Waals surface area contributed by atoms with E-state index in [4.69, 9.17) is 4.74 Å². The second-order valence-electron chi connectivity index (χ2n) is 19.2. The molecule has 0 aliphatic carbocycles. The Morgan fingerprint density at radius 1 is 0.912 bits per heavy atom. The molecule has 4 fully saturated rings. The van der Waals surface area contributed by atoms with Crippen molar-refractivity contribution in [1.82, 2.24) is 39.9 Å². The molecule has 358 valence electrons. The second-order valence-corrected chi connectivity index (χ2v) is 19.2. The third-order valence-electron chi connectivity index (χ3n) is 14.1. The van der Waals surface area contributed by atoms with E-state index in [2.05, 4.69) is 73.5 Å². The molecule has 3 aromatic carbocycles. The number of fused-ring (bicyclic) bond motifs is 1. The van der Waals surface area contributed by atoms with Crippen LogP contribution in [0.2, 0.25) is 0 Å². The van der Waals surface area contributed by atoms with Crippen LogP contribution in [0.5, 0.6) is 5.75 Å². The summed E-state index contributed by atoms with van der Waals surface area (Å²) in [6.45, 7) is 14.1. The van der Waals surface area contributed by atoms with Gasteiger partial charge in [-0.15, -0.1) is 0 Å². The van der Waals surface area contributed by atoms with Gasteiger partial charge < -0.3 is 34.8 Å². The lowest BCUT2D eigenvalue weighted by atomic mass is 9.95. The smallest absolute Gasteiger partial charge is 0.328 e. The number of imide groups is 1. The van der Waals surface area contributed by atoms with Gasteiger partial charge >= 0.3 is 12.1 Å². The number of piperidine rings is 1. The number of aromatic nitrogens is 3. The minimum absolute atomic E-state index is 0.00972. The fraction of sp³-hybridized carbons (Fsp3) is 0.451. The number of hydrogen-bond donors (Lipinski definition) is 4. The molecule has 5 aromatic rings. The van der Waals surface area contributed by atoms with Crippen LogP contribution in [0.25, 0.3) is 33.5 Å². The summed E-state index contributed by atoms with van der Waals surface area (Å²) < 4.78 is 20.7. The summed E-state index contributed by atoms with van der Waals surface area (Å²) in [6.07, 6.45) is 3.74. The van der Waals surface area contributed by atoms with Gasteiger partial charge in [-0.05, 0) is 91.1 Å². The molecular weight excluding hydrogens is 868 g/mol. The lowest BCUT2D eigenvalue weighted by Crippen LogP contribution is -2.49. The lowest BCUT2D eigenvalue weighted by Gasteiger charge is -2.39. The number of aliphatic hydroxyl groups is 1. The molecule has 0 saturated carbocycles. The number of nitrogens with zero attached hydrogens (tertiary/aromatic N) is 7. The van der Waals surface area contributed by atoms with Crippen molar-refractivity contribution in [2.24, 2.45) is 17.8 Å². The molecule has 0 radical (unpaired) electrons. The number of anilines is 2. The number of rotatable bonds is 12. The Balaban J connectivity index is 0.764. The Morgan fingerprint density at radius 3 is 2.38 bits per heavy atom. The molecular formula is C51H61FN10O6. The molecule has 0 unspecified atom stereocenters. The molecule has 4 aliphatic rings. The van der Waals surface area contributed by atoms with E-state index >= 15 is 4.39 Å². The molecule has 9 rings (SSSR count). The fourth-order valence-electron chi connectivity index (χ4n) is 10.3. The zero-order valence-electron chi connectivity index (χ0n) is 39.3. The summed E-state index contributed by atoms with van der Waals surface area (Å²) in [4.78, 5) is 73.7. The van der Waals surface area contributed by atoms with Gasteiger partial charge in [-0.25, -0.2) is 23.9 Å². The summed E-state index contributed by atoms with van der Waals surface area (Å²) in [7, 11) is 1.52. The molecule has 4 N–H and O–H groups in total. The van der Waals surface area contributed by atoms with E-state index in [1.54, 1.807) is 23.1 Å². The highest BCUT2D eigenvalue weighted by atomic mass is 19.1. The topological polar surface area (TPSA) is 180 Å². The van der Waals surface area contributed by atoms with Gasteiger partial charge in [0.05, 0.1) is 24.6 Å². The maximum atomic E-state index is 15.2. The number of ether oxygens (including phenoxy) is 1. The number of halogens is 1. The highest BCUT2D eigenvalue weighted by Gasteiger charge is 2.35. The Kier molecular flexibility index (Phi) is 13.8. The quantitative estimate of drug-likeness (QED) is 0.105. The first-order valence-electron chi connectivity index (χ1n) is 23.8. The number of carbonyl (C=O) groups is 4. The standard InChI is InChI=1S/C51H61FN10O6/c1-31(2)21-37-28-61(29-44(37)63)50(66)56-41-24-38(52)23-39(32(41)3)47-40-25-42(55-48(40)54-30-53-47)35-7-5-33(6-8-35)26-58-17-19-59(20-18-58)27-34-11-14-60(15-12-34)49(65)36-9-10-45(68-4)43(22-36)62-16-13-46(64)57-51(62)67/h5-10,22-25,30-31,34,37,44,63H,11-21,26-29H2,1-4H3,(H,56,66)(H,53,54,55)(H,57,64,67)/t37-,44+/m1/s1. The number of methoxy groups -OCH3 is 1. The third kappa shape index (κ3) is 10.2. The highest BCUT2D eigenvalue weighted by Crippen LogP contribution is 2.36. The maximum absolute atomic E-state index is 15.2. The fourth-order valence-corrected chi connectivity index (χ4v) is 10.3. The molecule has 6 heterocycles. The molecule has 4 aliphatic heterocycles. The summed E-state index contributed by atoms with van der Waals surface area (Å²) >= 11 is 0. The minimum atomic E-state index is -0.585. The summed E-state index contributed by atoms with van der Waals surface area (Å²) in [6, 6.07) is 17.5. The molecule has 17 heteroatoms. The van der Waals surface area contributed by atoms with E-state index in [1.807, 2.05) is 17.9 Å². The van der Waals surface area contributed by atoms with Crippen LogP contribution in [0.4, 0.5) is 25.4 Å². The third-order valence-corrected chi connectivity index (χ3v) is 14.1. The van der Waals surface area contributed by atoms with Crippen LogP contribution < -0.4 is 20.3 Å². The molecule has 68 heavy (non-hydrogen) atoms. The van der Waals surface area contributed by atoms with E-state index < -0.39 is 18.0 Å². The van der Waals surface area contributed by atoms with E-state index in [9.17, 15) is 24.3 Å². The van der Waals surface area contributed by atoms with Crippen molar-refractivity contribution in [3.8, 4) is 28.3 Å². The zero-order chi connectivity index (χ0) is 47.6. The molecule has 2 aromatic heterocycles. The number of β-amino-alcohol motifs (C(OH)–C–C–N with tert-alkyl or cyclic N) is 1. The van der Waals surface area contributed by atoms with Gasteiger partial charge in [0, 0.05) is 112 Å². The van der Waals surface area contributed by atoms with Gasteiger partial charge in [0.25, 0.3) is 5.91 Å². The number of hydrogen-bond acceptors (Lipinski definition) is 10. The van der Waals surface area contributed by atoms with Crippen LogP contribution in [0.15, 0.2) is 67.0 Å². The number of amides is 6. The lowest BCUT2D eigenvalue weighted by molar-refractivity contribution is -0.120. The summed E-state index contributed by atoms with van der Waals surface area (Å²) in [5.74, 6) is 0.496. The van der Waals surface area contributed by atoms with Crippen molar-refractivity contribution in [2.75, 3.05) is 82.8 Å². The number of likely N-dealkylation sites (tertiary alicyclic amines) is 2. The highest BCUT2D eigenvalue weighted by molar-refractivity contribution is 6.07. The first-order valence-corrected chi connectivity index (χ1v) is 23.8. The SMILES string of the molecule is COc1ccc(C(=O)N2CCC(CN3CCN(Cc4ccc(-c5cc6c(-c7cc(F)cc(NC(=O)N8C[C@@H](CC(C)C)[C@@H](O)C8)c7C)ncnc6[nH]5)cc4)CC3)CC2)cc1N1CCC(=O)NC1=O. The minimum Gasteiger partial charge on any atom is -0.495 e. The average molecular weight is 929 g/mol. The Labute approximate surface area is 395 Å². The summed E-state index contributed by atoms with van der Waals surface area (Å²) in [5.41, 5.74) is 6.80. The largest absolute Gasteiger partial charge is 0.495 e. The molecule has 6 amide bonds. The zero-order valence-corrected chi connectivity index (χ0v) is 39.3. The van der Waals surface area contributed by atoms with Crippen LogP contribution in [0, 0.1) is 30.5 Å². The number of piperazine rings is 1. The van der Waals surface area contributed by atoms with Crippen molar-refractivity contribution in [2.45, 2.75) is 59.1 Å². The van der Waals surface area contributed by atoms with Crippen molar-refractivity contribution in [3.63, 3.8) is 0 Å². The molecule has 0 bridgehead atoms. The molecule has 2 atom stereocenters. The van der Waals surface area contributed by atoms with Crippen LogP contribution in [-0.2, 0) is 11.3 Å². The normalized spacial score (nSPS) is 19.8.